The van der Waals surface area contributed by atoms with Crippen molar-refractivity contribution in [2.45, 2.75) is 38.7 Å². The van der Waals surface area contributed by atoms with Gasteiger partial charge in [-0.3, -0.25) is 4.79 Å². The van der Waals surface area contributed by atoms with Crippen LogP contribution in [0.5, 0.6) is 0 Å². The van der Waals surface area contributed by atoms with E-state index in [1.807, 2.05) is 0 Å². The van der Waals surface area contributed by atoms with Crippen LogP contribution in [0.4, 0.5) is 14.5 Å². The lowest BCUT2D eigenvalue weighted by molar-refractivity contribution is 0.00432. The van der Waals surface area contributed by atoms with E-state index in [0.29, 0.717) is 28.7 Å². The van der Waals surface area contributed by atoms with E-state index in [1.165, 1.54) is 4.57 Å². The molecule has 2 N–H and O–H groups in total. The van der Waals surface area contributed by atoms with Crippen molar-refractivity contribution in [3.05, 3.63) is 26.6 Å². The van der Waals surface area contributed by atoms with Gasteiger partial charge < -0.3 is 10.3 Å². The summed E-state index contributed by atoms with van der Waals surface area (Å²) < 4.78 is 28.0. The van der Waals surface area contributed by atoms with Crippen LogP contribution in [0.25, 0.3) is 0 Å². The van der Waals surface area contributed by atoms with Crippen LogP contribution < -0.4 is 11.3 Å². The second kappa shape index (κ2) is 4.64. The van der Waals surface area contributed by atoms with Crippen LogP contribution in [0.3, 0.4) is 0 Å². The molecule has 1 aromatic rings. The molecule has 0 radical (unpaired) electrons. The fourth-order valence-electron chi connectivity index (χ4n) is 2.35. The highest BCUT2D eigenvalue weighted by Gasteiger charge is 2.39. The third-order valence-corrected chi connectivity index (χ3v) is 4.40. The van der Waals surface area contributed by atoms with Gasteiger partial charge in [0.15, 0.2) is 0 Å². The molecule has 3 nitrogen and oxygen atoms in total. The van der Waals surface area contributed by atoms with E-state index >= 15 is 0 Å². The molecule has 0 aliphatic heterocycles. The maximum Gasteiger partial charge on any atom is 0.265 e. The van der Waals surface area contributed by atoms with Crippen LogP contribution in [-0.4, -0.2) is 10.5 Å². The highest BCUT2D eigenvalue weighted by molar-refractivity contribution is 9.10. The third-order valence-electron chi connectivity index (χ3n) is 3.47. The first-order chi connectivity index (χ1) is 8.30. The third kappa shape index (κ3) is 2.58. The Hall–Kier alpha value is -0.910. The molecule has 6 heteroatoms. The van der Waals surface area contributed by atoms with E-state index in [4.69, 9.17) is 5.73 Å². The summed E-state index contributed by atoms with van der Waals surface area (Å²) in [5.74, 6) is -2.74. The van der Waals surface area contributed by atoms with Crippen molar-refractivity contribution < 1.29 is 8.78 Å². The molecule has 0 spiro atoms. The second-order valence-electron chi connectivity index (χ2n) is 4.95. The molecule has 0 aromatic carbocycles. The van der Waals surface area contributed by atoms with E-state index < -0.39 is 5.92 Å². The molecular weight excluding hydrogens is 306 g/mol. The molecule has 0 saturated heterocycles. The minimum atomic E-state index is -2.58. The Morgan fingerprint density at radius 2 is 2.28 bits per heavy atom. The molecular formula is C12H15BrF2N2O. The van der Waals surface area contributed by atoms with Crippen LogP contribution in [0.2, 0.25) is 0 Å². The number of hydrogen-bond donors (Lipinski definition) is 1. The van der Waals surface area contributed by atoms with Gasteiger partial charge in [-0.2, -0.15) is 0 Å². The maximum absolute atomic E-state index is 13.1. The molecule has 1 aliphatic rings. The van der Waals surface area contributed by atoms with Crippen LogP contribution >= 0.6 is 15.9 Å². The molecule has 1 unspecified atom stereocenters. The zero-order chi connectivity index (χ0) is 13.5. The Bertz CT molecular complexity index is 528. The number of halogens is 3. The van der Waals surface area contributed by atoms with Gasteiger partial charge in [-0.15, -0.1) is 0 Å². The van der Waals surface area contributed by atoms with Crippen LogP contribution in [-0.2, 0) is 6.54 Å². The van der Waals surface area contributed by atoms with E-state index in [9.17, 15) is 13.6 Å². The van der Waals surface area contributed by atoms with Gasteiger partial charge in [-0.25, -0.2) is 8.78 Å². The minimum absolute atomic E-state index is 0.0884. The number of aromatic nitrogens is 1. The van der Waals surface area contributed by atoms with Gasteiger partial charge in [0.1, 0.15) is 0 Å². The summed E-state index contributed by atoms with van der Waals surface area (Å²) in [6.07, 6.45) is 1.75. The maximum atomic E-state index is 13.1. The zero-order valence-corrected chi connectivity index (χ0v) is 11.6. The first-order valence-electron chi connectivity index (χ1n) is 5.83. The first-order valence-corrected chi connectivity index (χ1v) is 6.62. The largest absolute Gasteiger partial charge is 0.397 e. The fourth-order valence-corrected chi connectivity index (χ4v) is 2.80. The molecule has 1 saturated carbocycles. The molecule has 100 valence electrons. The van der Waals surface area contributed by atoms with E-state index in [2.05, 4.69) is 15.9 Å². The zero-order valence-electron chi connectivity index (χ0n) is 10.0. The summed E-state index contributed by atoms with van der Waals surface area (Å²) >= 11 is 3.19. The van der Waals surface area contributed by atoms with Crippen molar-refractivity contribution in [1.82, 2.24) is 4.57 Å². The first kappa shape index (κ1) is 13.5. The normalized spacial score (nSPS) is 22.3. The Labute approximate surface area is 112 Å². The number of hydrogen-bond acceptors (Lipinski definition) is 2. The standard InChI is InChI=1S/C12H15BrF2N2O/c1-7-9(16)6-17(11(18)10(7)13)5-8-2-3-12(14,15)4-8/h6,8H,2-5,16H2,1H3. The van der Waals surface area contributed by atoms with Gasteiger partial charge in [0, 0.05) is 25.6 Å². The van der Waals surface area contributed by atoms with Gasteiger partial charge in [0.05, 0.1) is 10.2 Å². The van der Waals surface area contributed by atoms with E-state index in [0.717, 1.165) is 0 Å². The summed E-state index contributed by atoms with van der Waals surface area (Å²) in [6.45, 7) is 2.05. The molecule has 1 atom stereocenters. The number of anilines is 1. The summed E-state index contributed by atoms with van der Waals surface area (Å²) in [7, 11) is 0. The molecule has 1 heterocycles. The minimum Gasteiger partial charge on any atom is -0.397 e. The Morgan fingerprint density at radius 3 is 2.83 bits per heavy atom. The highest BCUT2D eigenvalue weighted by atomic mass is 79.9. The lowest BCUT2D eigenvalue weighted by Gasteiger charge is -2.15. The van der Waals surface area contributed by atoms with Crippen molar-refractivity contribution in [1.29, 1.82) is 0 Å². The Kier molecular flexibility index (Phi) is 3.49. The summed E-state index contributed by atoms with van der Waals surface area (Å²) in [4.78, 5) is 12.0. The lowest BCUT2D eigenvalue weighted by atomic mass is 10.1. The van der Waals surface area contributed by atoms with Crippen LogP contribution in [0.15, 0.2) is 15.5 Å². The average molecular weight is 321 g/mol. The monoisotopic (exact) mass is 320 g/mol. The number of nitrogen functional groups attached to an aromatic ring is 1. The van der Waals surface area contributed by atoms with Gasteiger partial charge in [0.25, 0.3) is 5.56 Å². The SMILES string of the molecule is Cc1c(N)cn(CC2CCC(F)(F)C2)c(=O)c1Br. The van der Waals surface area contributed by atoms with Crippen molar-refractivity contribution >= 4 is 21.6 Å². The van der Waals surface area contributed by atoms with Crippen molar-refractivity contribution in [3.8, 4) is 0 Å². The van der Waals surface area contributed by atoms with E-state index in [-0.39, 0.29) is 24.3 Å². The number of nitrogens with zero attached hydrogens (tertiary/aromatic N) is 1. The summed E-state index contributed by atoms with van der Waals surface area (Å²) in [5.41, 5.74) is 6.75. The van der Waals surface area contributed by atoms with Crippen molar-refractivity contribution in [2.75, 3.05) is 5.73 Å². The second-order valence-corrected chi connectivity index (χ2v) is 5.74. The highest BCUT2D eigenvalue weighted by Crippen LogP contribution is 2.39. The molecule has 0 bridgehead atoms. The van der Waals surface area contributed by atoms with Crippen LogP contribution in [0, 0.1) is 12.8 Å². The number of pyridine rings is 1. The van der Waals surface area contributed by atoms with Gasteiger partial charge in [-0.1, -0.05) is 0 Å². The molecule has 0 amide bonds. The molecule has 2 rings (SSSR count). The number of alkyl halides is 2. The fraction of sp³-hybridized carbons (Fsp3) is 0.583. The average Bonchev–Trinajstić information content (AvgIpc) is 2.63. The molecule has 1 aliphatic carbocycles. The van der Waals surface area contributed by atoms with Crippen LogP contribution in [0.1, 0.15) is 24.8 Å². The summed E-state index contributed by atoms with van der Waals surface area (Å²) in [5, 5.41) is 0. The molecule has 18 heavy (non-hydrogen) atoms. The van der Waals surface area contributed by atoms with E-state index in [1.54, 1.807) is 13.1 Å². The lowest BCUT2D eigenvalue weighted by Crippen LogP contribution is -2.25. The topological polar surface area (TPSA) is 48.0 Å². The predicted molar refractivity (Wildman–Crippen MR) is 69.8 cm³/mol. The predicted octanol–water partition coefficient (Wildman–Crippen LogP) is 2.94. The Balaban J connectivity index is 2.23. The van der Waals surface area contributed by atoms with Gasteiger partial charge >= 0.3 is 0 Å². The van der Waals surface area contributed by atoms with Gasteiger partial charge in [-0.05, 0) is 40.8 Å². The quantitative estimate of drug-likeness (QED) is 0.910. The van der Waals surface area contributed by atoms with Crippen molar-refractivity contribution in [2.24, 2.45) is 5.92 Å². The summed E-state index contributed by atoms with van der Waals surface area (Å²) in [6, 6.07) is 0. The number of rotatable bonds is 2. The molecule has 1 fully saturated rings. The van der Waals surface area contributed by atoms with Gasteiger partial charge in [0.2, 0.25) is 5.92 Å². The number of nitrogens with two attached hydrogens (primary N) is 1. The Morgan fingerprint density at radius 1 is 1.61 bits per heavy atom. The molecule has 1 aromatic heterocycles. The van der Waals surface area contributed by atoms with Crippen molar-refractivity contribution in [3.63, 3.8) is 0 Å². The smallest absolute Gasteiger partial charge is 0.265 e.